The highest BCUT2D eigenvalue weighted by atomic mass is 32.2. The first-order valence-corrected chi connectivity index (χ1v) is 11.4. The maximum Gasteiger partial charge on any atom is 0.255 e. The third-order valence-corrected chi connectivity index (χ3v) is 5.46. The van der Waals surface area contributed by atoms with Crippen LogP contribution in [0.3, 0.4) is 0 Å². The Balaban J connectivity index is 1.81. The number of carbonyl (C=O) groups is 1. The van der Waals surface area contributed by atoms with Gasteiger partial charge >= 0.3 is 0 Å². The van der Waals surface area contributed by atoms with Crippen molar-refractivity contribution in [2.75, 3.05) is 12.8 Å². The predicted molar refractivity (Wildman–Crippen MR) is 110 cm³/mol. The van der Waals surface area contributed by atoms with Gasteiger partial charge in [-0.2, -0.15) is 0 Å². The van der Waals surface area contributed by atoms with Crippen LogP contribution in [0.25, 0.3) is 0 Å². The molecule has 1 aliphatic rings. The zero-order valence-corrected chi connectivity index (χ0v) is 16.7. The highest BCUT2D eigenvalue weighted by molar-refractivity contribution is 7.93. The maximum absolute atomic E-state index is 12.6. The Labute approximate surface area is 166 Å². The van der Waals surface area contributed by atoms with Crippen molar-refractivity contribution in [1.82, 2.24) is 5.32 Å². The molecule has 1 amide bonds. The lowest BCUT2D eigenvalue weighted by Crippen LogP contribution is -2.24. The molecule has 2 aromatic rings. The van der Waals surface area contributed by atoms with E-state index in [1.54, 1.807) is 6.07 Å². The molecular formula is C22H25NO4S. The van der Waals surface area contributed by atoms with E-state index >= 15 is 0 Å². The van der Waals surface area contributed by atoms with Gasteiger partial charge in [-0.05, 0) is 48.6 Å². The van der Waals surface area contributed by atoms with Crippen LogP contribution in [-0.2, 0) is 9.84 Å². The lowest BCUT2D eigenvalue weighted by Gasteiger charge is -2.15. The summed E-state index contributed by atoms with van der Waals surface area (Å²) < 4.78 is 28.3. The molecule has 1 saturated carbocycles. The summed E-state index contributed by atoms with van der Waals surface area (Å²) in [5.41, 5.74) is 1.62. The van der Waals surface area contributed by atoms with Crippen molar-refractivity contribution in [2.45, 2.75) is 31.6 Å². The normalized spacial score (nSPS) is 15.0. The zero-order valence-electron chi connectivity index (χ0n) is 15.9. The molecule has 1 fully saturated rings. The molecule has 148 valence electrons. The van der Waals surface area contributed by atoms with Crippen LogP contribution in [0.5, 0.6) is 11.5 Å². The summed E-state index contributed by atoms with van der Waals surface area (Å²) in [5, 5.41) is 3.80. The topological polar surface area (TPSA) is 72.5 Å². The second-order valence-electron chi connectivity index (χ2n) is 7.06. The number of sulfone groups is 1. The Bertz CT molecular complexity index is 946. The number of benzene rings is 2. The van der Waals surface area contributed by atoms with Gasteiger partial charge in [0.25, 0.3) is 5.91 Å². The Hall–Kier alpha value is -2.60. The van der Waals surface area contributed by atoms with E-state index in [2.05, 4.69) is 5.32 Å². The van der Waals surface area contributed by atoms with Crippen molar-refractivity contribution in [1.29, 1.82) is 0 Å². The molecule has 0 aromatic heterocycles. The molecule has 5 nitrogen and oxygen atoms in total. The van der Waals surface area contributed by atoms with E-state index in [0.717, 1.165) is 24.5 Å². The van der Waals surface area contributed by atoms with Gasteiger partial charge in [0.1, 0.15) is 11.5 Å². The first kappa shape index (κ1) is 20.1. The summed E-state index contributed by atoms with van der Waals surface area (Å²) in [5.74, 6) is 1.38. The van der Waals surface area contributed by atoms with Crippen LogP contribution in [0, 0.1) is 0 Å². The molecule has 0 saturated heterocycles. The Morgan fingerprint density at radius 1 is 1.14 bits per heavy atom. The average Bonchev–Trinajstić information content (AvgIpc) is 3.20. The van der Waals surface area contributed by atoms with Gasteiger partial charge in [-0.25, -0.2) is 8.42 Å². The number of amides is 1. The van der Waals surface area contributed by atoms with Crippen LogP contribution in [-0.4, -0.2) is 27.1 Å². The number of nitrogens with one attached hydrogen (secondary N) is 1. The summed E-state index contributed by atoms with van der Waals surface area (Å²) in [6.07, 6.45) is 7.30. The first-order valence-electron chi connectivity index (χ1n) is 9.44. The van der Waals surface area contributed by atoms with Crippen LogP contribution in [0.4, 0.5) is 0 Å². The van der Waals surface area contributed by atoms with Crippen LogP contribution < -0.4 is 10.1 Å². The van der Waals surface area contributed by atoms with E-state index in [1.807, 2.05) is 42.5 Å². The van der Waals surface area contributed by atoms with Gasteiger partial charge in [-0.1, -0.05) is 43.2 Å². The second kappa shape index (κ2) is 9.06. The maximum atomic E-state index is 12.6. The summed E-state index contributed by atoms with van der Waals surface area (Å²) in [6, 6.07) is 15.1. The SMILES string of the molecule is CS(=O)(=O)C=CCNC(=O)c1ccc(C2CCCC2)cc1Oc1ccccc1. The number of carbonyl (C=O) groups excluding carboxylic acids is 1. The minimum Gasteiger partial charge on any atom is -0.457 e. The monoisotopic (exact) mass is 399 g/mol. The molecule has 0 atom stereocenters. The lowest BCUT2D eigenvalue weighted by molar-refractivity contribution is 0.0955. The van der Waals surface area contributed by atoms with E-state index in [1.165, 1.54) is 24.5 Å². The van der Waals surface area contributed by atoms with E-state index in [4.69, 9.17) is 4.74 Å². The fourth-order valence-corrected chi connectivity index (χ4v) is 3.86. The fraction of sp³-hybridized carbons (Fsp3) is 0.318. The molecule has 0 bridgehead atoms. The number of para-hydroxylation sites is 1. The lowest BCUT2D eigenvalue weighted by atomic mass is 9.96. The fourth-order valence-electron chi connectivity index (χ4n) is 3.41. The van der Waals surface area contributed by atoms with Gasteiger partial charge in [-0.3, -0.25) is 4.79 Å². The zero-order chi connectivity index (χ0) is 20.0. The third-order valence-electron chi connectivity index (χ3n) is 4.77. The van der Waals surface area contributed by atoms with Gasteiger partial charge in [0, 0.05) is 18.2 Å². The molecule has 2 aromatic carbocycles. The Morgan fingerprint density at radius 2 is 1.86 bits per heavy atom. The number of rotatable bonds is 7. The molecule has 0 radical (unpaired) electrons. The van der Waals surface area contributed by atoms with E-state index in [9.17, 15) is 13.2 Å². The van der Waals surface area contributed by atoms with Gasteiger partial charge in [-0.15, -0.1) is 0 Å². The molecule has 0 spiro atoms. The minimum atomic E-state index is -3.21. The Kier molecular flexibility index (Phi) is 6.52. The number of hydrogen-bond acceptors (Lipinski definition) is 4. The molecule has 0 heterocycles. The molecule has 1 N–H and O–H groups in total. The molecule has 0 unspecified atom stereocenters. The molecule has 3 rings (SSSR count). The standard InChI is InChI=1S/C22H25NO4S/c1-28(25,26)15-7-14-23-22(24)20-13-12-18(17-8-5-6-9-17)16-21(20)27-19-10-3-2-4-11-19/h2-4,7,10-13,15-17H,5-6,8-9,14H2,1H3,(H,23,24). The average molecular weight is 400 g/mol. The second-order valence-corrected chi connectivity index (χ2v) is 8.99. The van der Waals surface area contributed by atoms with Crippen LogP contribution in [0.2, 0.25) is 0 Å². The summed E-state index contributed by atoms with van der Waals surface area (Å²) in [4.78, 5) is 12.6. The smallest absolute Gasteiger partial charge is 0.255 e. The molecule has 1 aliphatic carbocycles. The van der Waals surface area contributed by atoms with Crippen LogP contribution in [0.1, 0.15) is 47.5 Å². The summed E-state index contributed by atoms with van der Waals surface area (Å²) in [6.45, 7) is 0.126. The Morgan fingerprint density at radius 3 is 2.54 bits per heavy atom. The first-order chi connectivity index (χ1) is 13.4. The van der Waals surface area contributed by atoms with Gasteiger partial charge in [0.15, 0.2) is 9.84 Å². The summed E-state index contributed by atoms with van der Waals surface area (Å²) >= 11 is 0. The van der Waals surface area contributed by atoms with Crippen molar-refractivity contribution in [3.8, 4) is 11.5 Å². The largest absolute Gasteiger partial charge is 0.457 e. The van der Waals surface area contributed by atoms with Gasteiger partial charge < -0.3 is 10.1 Å². The number of ether oxygens (including phenoxy) is 1. The minimum absolute atomic E-state index is 0.126. The van der Waals surface area contributed by atoms with E-state index in [0.29, 0.717) is 23.0 Å². The van der Waals surface area contributed by atoms with Crippen molar-refractivity contribution >= 4 is 15.7 Å². The summed E-state index contributed by atoms with van der Waals surface area (Å²) in [7, 11) is -3.21. The van der Waals surface area contributed by atoms with Crippen molar-refractivity contribution in [3.63, 3.8) is 0 Å². The van der Waals surface area contributed by atoms with Crippen molar-refractivity contribution in [2.24, 2.45) is 0 Å². The van der Waals surface area contributed by atoms with E-state index in [-0.39, 0.29) is 12.5 Å². The molecule has 28 heavy (non-hydrogen) atoms. The van der Waals surface area contributed by atoms with Crippen LogP contribution in [0.15, 0.2) is 60.0 Å². The highest BCUT2D eigenvalue weighted by Gasteiger charge is 2.20. The molecule has 6 heteroatoms. The predicted octanol–water partition coefficient (Wildman–Crippen LogP) is 4.42. The van der Waals surface area contributed by atoms with Crippen molar-refractivity contribution < 1.29 is 17.9 Å². The van der Waals surface area contributed by atoms with E-state index < -0.39 is 9.84 Å². The molecular weight excluding hydrogens is 374 g/mol. The van der Waals surface area contributed by atoms with Crippen LogP contribution >= 0.6 is 0 Å². The third kappa shape index (κ3) is 5.70. The van der Waals surface area contributed by atoms with Gasteiger partial charge in [0.2, 0.25) is 0 Å². The highest BCUT2D eigenvalue weighted by Crippen LogP contribution is 2.37. The number of hydrogen-bond donors (Lipinski definition) is 1. The van der Waals surface area contributed by atoms with Gasteiger partial charge in [0.05, 0.1) is 5.56 Å². The molecule has 0 aliphatic heterocycles. The quantitative estimate of drug-likeness (QED) is 0.748. The van der Waals surface area contributed by atoms with Crippen molar-refractivity contribution in [3.05, 3.63) is 71.1 Å².